The van der Waals surface area contributed by atoms with Gasteiger partial charge in [-0.05, 0) is 37.1 Å². The molecule has 122 valence electrons. The normalized spacial score (nSPS) is 17.0. The number of pyridine rings is 1. The van der Waals surface area contributed by atoms with E-state index < -0.39 is 0 Å². The molecule has 0 unspecified atom stereocenters. The van der Waals surface area contributed by atoms with E-state index >= 15 is 0 Å². The highest BCUT2D eigenvalue weighted by Crippen LogP contribution is 2.27. The van der Waals surface area contributed by atoms with E-state index in [2.05, 4.69) is 25.9 Å². The minimum absolute atomic E-state index is 0.268. The van der Waals surface area contributed by atoms with Gasteiger partial charge in [0.1, 0.15) is 11.5 Å². The lowest BCUT2D eigenvalue weighted by Gasteiger charge is -2.33. The summed E-state index contributed by atoms with van der Waals surface area (Å²) in [4.78, 5) is 8.97. The van der Waals surface area contributed by atoms with Gasteiger partial charge in [-0.1, -0.05) is 0 Å². The molecule has 5 rings (SSSR count). The largest absolute Gasteiger partial charge is 0.371 e. The van der Waals surface area contributed by atoms with Crippen LogP contribution in [-0.2, 0) is 0 Å². The monoisotopic (exact) mass is 323 g/mol. The molecule has 0 N–H and O–H groups in total. The molecular formula is C18H18FN5. The van der Waals surface area contributed by atoms with E-state index in [-0.39, 0.29) is 5.82 Å². The maximum absolute atomic E-state index is 14.3. The Morgan fingerprint density at radius 2 is 1.67 bits per heavy atom. The number of halogens is 1. The zero-order valence-corrected chi connectivity index (χ0v) is 13.3. The summed E-state index contributed by atoms with van der Waals surface area (Å²) in [6.07, 6.45) is 6.14. The minimum atomic E-state index is -0.268. The molecule has 0 amide bonds. The van der Waals surface area contributed by atoms with Gasteiger partial charge in [0.15, 0.2) is 5.65 Å². The van der Waals surface area contributed by atoms with Gasteiger partial charge < -0.3 is 9.80 Å². The Morgan fingerprint density at radius 1 is 0.917 bits per heavy atom. The molecule has 24 heavy (non-hydrogen) atoms. The summed E-state index contributed by atoms with van der Waals surface area (Å²) >= 11 is 0. The summed E-state index contributed by atoms with van der Waals surface area (Å²) in [6, 6.07) is 7.31. The SMILES string of the molecule is Fc1ccc(N2CCC2)cc1-n1cc2cc(N3CCC3)cnc2n1. The Labute approximate surface area is 139 Å². The molecule has 0 aliphatic carbocycles. The Balaban J connectivity index is 1.55. The summed E-state index contributed by atoms with van der Waals surface area (Å²) < 4.78 is 15.9. The second kappa shape index (κ2) is 5.19. The zero-order valence-electron chi connectivity index (χ0n) is 13.3. The van der Waals surface area contributed by atoms with Crippen molar-refractivity contribution in [3.05, 3.63) is 42.5 Å². The first-order valence-corrected chi connectivity index (χ1v) is 8.43. The summed E-state index contributed by atoms with van der Waals surface area (Å²) in [6.45, 7) is 4.22. The highest BCUT2D eigenvalue weighted by atomic mass is 19.1. The minimum Gasteiger partial charge on any atom is -0.371 e. The van der Waals surface area contributed by atoms with Crippen molar-refractivity contribution in [1.82, 2.24) is 14.8 Å². The molecule has 2 aromatic heterocycles. The summed E-state index contributed by atoms with van der Waals surface area (Å²) in [7, 11) is 0. The van der Waals surface area contributed by atoms with E-state index in [0.29, 0.717) is 11.3 Å². The van der Waals surface area contributed by atoms with Gasteiger partial charge in [-0.25, -0.2) is 14.1 Å². The number of hydrogen-bond acceptors (Lipinski definition) is 4. The van der Waals surface area contributed by atoms with Crippen molar-refractivity contribution in [1.29, 1.82) is 0 Å². The molecular weight excluding hydrogens is 305 g/mol. The molecule has 3 aromatic rings. The fraction of sp³-hybridized carbons (Fsp3) is 0.333. The van der Waals surface area contributed by atoms with Crippen LogP contribution in [0.2, 0.25) is 0 Å². The van der Waals surface area contributed by atoms with E-state index in [1.807, 2.05) is 24.5 Å². The van der Waals surface area contributed by atoms with Crippen molar-refractivity contribution in [2.75, 3.05) is 36.0 Å². The standard InChI is InChI=1S/C18H18FN5/c19-16-4-3-14(22-5-1-6-22)10-17(16)24-12-13-9-15(23-7-2-8-23)11-20-18(13)21-24/h3-4,9-12H,1-2,5-8H2. The van der Waals surface area contributed by atoms with Crippen molar-refractivity contribution in [3.63, 3.8) is 0 Å². The topological polar surface area (TPSA) is 37.2 Å². The van der Waals surface area contributed by atoms with Crippen molar-refractivity contribution in [3.8, 4) is 5.69 Å². The van der Waals surface area contributed by atoms with Gasteiger partial charge >= 0.3 is 0 Å². The summed E-state index contributed by atoms with van der Waals surface area (Å²) in [5, 5.41) is 5.40. The van der Waals surface area contributed by atoms with Gasteiger partial charge in [0, 0.05) is 43.4 Å². The molecule has 5 nitrogen and oxygen atoms in total. The molecule has 4 heterocycles. The quantitative estimate of drug-likeness (QED) is 0.742. The average molecular weight is 323 g/mol. The molecule has 2 fully saturated rings. The van der Waals surface area contributed by atoms with Crippen molar-refractivity contribution in [2.24, 2.45) is 0 Å². The molecule has 0 spiro atoms. The van der Waals surface area contributed by atoms with Crippen molar-refractivity contribution >= 4 is 22.4 Å². The van der Waals surface area contributed by atoms with Crippen LogP contribution in [0.3, 0.4) is 0 Å². The predicted octanol–water partition coefficient (Wildman–Crippen LogP) is 2.98. The van der Waals surface area contributed by atoms with Gasteiger partial charge in [0.2, 0.25) is 0 Å². The number of rotatable bonds is 3. The summed E-state index contributed by atoms with van der Waals surface area (Å²) in [5.41, 5.74) is 3.28. The number of nitrogens with zero attached hydrogens (tertiary/aromatic N) is 5. The van der Waals surface area contributed by atoms with E-state index in [4.69, 9.17) is 0 Å². The maximum Gasteiger partial charge on any atom is 0.181 e. The Morgan fingerprint density at radius 3 is 2.38 bits per heavy atom. The Kier molecular flexibility index (Phi) is 2.98. The van der Waals surface area contributed by atoms with Gasteiger partial charge in [0.05, 0.1) is 11.9 Å². The zero-order chi connectivity index (χ0) is 16.1. The van der Waals surface area contributed by atoms with Crippen LogP contribution in [0.15, 0.2) is 36.7 Å². The lowest BCUT2D eigenvalue weighted by molar-refractivity contribution is 0.601. The van der Waals surface area contributed by atoms with Crippen LogP contribution < -0.4 is 9.80 Å². The second-order valence-corrected chi connectivity index (χ2v) is 6.50. The predicted molar refractivity (Wildman–Crippen MR) is 92.5 cm³/mol. The van der Waals surface area contributed by atoms with E-state index in [0.717, 1.165) is 42.9 Å². The number of benzene rings is 1. The maximum atomic E-state index is 14.3. The van der Waals surface area contributed by atoms with Gasteiger partial charge in [0.25, 0.3) is 0 Å². The fourth-order valence-electron chi connectivity index (χ4n) is 3.22. The second-order valence-electron chi connectivity index (χ2n) is 6.50. The molecule has 2 saturated heterocycles. The molecule has 6 heteroatoms. The van der Waals surface area contributed by atoms with Crippen LogP contribution in [0.5, 0.6) is 0 Å². The first-order valence-electron chi connectivity index (χ1n) is 8.43. The van der Waals surface area contributed by atoms with Crippen LogP contribution in [0.4, 0.5) is 15.8 Å². The van der Waals surface area contributed by atoms with Crippen LogP contribution in [0.1, 0.15) is 12.8 Å². The van der Waals surface area contributed by atoms with E-state index in [9.17, 15) is 4.39 Å². The number of anilines is 2. The van der Waals surface area contributed by atoms with Crippen molar-refractivity contribution < 1.29 is 4.39 Å². The first kappa shape index (κ1) is 13.8. The van der Waals surface area contributed by atoms with E-state index in [1.54, 1.807) is 4.68 Å². The molecule has 1 aromatic carbocycles. The van der Waals surface area contributed by atoms with Crippen LogP contribution in [0, 0.1) is 5.82 Å². The Bertz CT molecular complexity index is 911. The third-order valence-electron chi connectivity index (χ3n) is 4.96. The van der Waals surface area contributed by atoms with E-state index in [1.165, 1.54) is 18.9 Å². The van der Waals surface area contributed by atoms with Crippen molar-refractivity contribution in [2.45, 2.75) is 12.8 Å². The highest BCUT2D eigenvalue weighted by molar-refractivity contribution is 5.79. The van der Waals surface area contributed by atoms with Crippen LogP contribution >= 0.6 is 0 Å². The molecule has 0 atom stereocenters. The van der Waals surface area contributed by atoms with Crippen LogP contribution in [0.25, 0.3) is 16.7 Å². The number of aromatic nitrogens is 3. The third-order valence-corrected chi connectivity index (χ3v) is 4.96. The van der Waals surface area contributed by atoms with Gasteiger partial charge in [-0.2, -0.15) is 0 Å². The third kappa shape index (κ3) is 2.13. The molecule has 0 saturated carbocycles. The molecule has 2 aliphatic rings. The van der Waals surface area contributed by atoms with Gasteiger partial charge in [-0.3, -0.25) is 0 Å². The lowest BCUT2D eigenvalue weighted by atomic mass is 10.1. The smallest absolute Gasteiger partial charge is 0.181 e. The summed E-state index contributed by atoms with van der Waals surface area (Å²) in [5.74, 6) is -0.268. The number of hydrogen-bond donors (Lipinski definition) is 0. The van der Waals surface area contributed by atoms with Crippen LogP contribution in [-0.4, -0.2) is 40.9 Å². The number of fused-ring (bicyclic) bond motifs is 1. The first-order chi connectivity index (χ1) is 11.8. The highest BCUT2D eigenvalue weighted by Gasteiger charge is 2.18. The van der Waals surface area contributed by atoms with Gasteiger partial charge in [-0.15, -0.1) is 5.10 Å². The molecule has 2 aliphatic heterocycles. The molecule has 0 bridgehead atoms. The lowest BCUT2D eigenvalue weighted by Crippen LogP contribution is -2.37. The average Bonchev–Trinajstić information content (AvgIpc) is 2.88. The fourth-order valence-corrected chi connectivity index (χ4v) is 3.22. The molecule has 0 radical (unpaired) electrons. The Hall–Kier alpha value is -2.63.